The first kappa shape index (κ1) is 15.2. The third-order valence-corrected chi connectivity index (χ3v) is 2.95. The fourth-order valence-electron chi connectivity index (χ4n) is 1.34. The summed E-state index contributed by atoms with van der Waals surface area (Å²) in [5.74, 6) is 0.747. The number of benzene rings is 1. The van der Waals surface area contributed by atoms with Gasteiger partial charge in [0.05, 0.1) is 13.7 Å². The van der Waals surface area contributed by atoms with Gasteiger partial charge in [0.15, 0.2) is 5.11 Å². The zero-order valence-corrected chi connectivity index (χ0v) is 12.5. The molecular weight excluding hydrogens is 262 g/mol. The van der Waals surface area contributed by atoms with E-state index in [1.165, 1.54) is 4.90 Å². The van der Waals surface area contributed by atoms with E-state index in [-0.39, 0.29) is 12.5 Å². The van der Waals surface area contributed by atoms with Gasteiger partial charge < -0.3 is 19.9 Å². The largest absolute Gasteiger partial charge is 0.497 e. The molecule has 0 bridgehead atoms. The van der Waals surface area contributed by atoms with Crippen molar-refractivity contribution >= 4 is 28.9 Å². The molecule has 6 heteroatoms. The zero-order valence-electron chi connectivity index (χ0n) is 11.6. The lowest BCUT2D eigenvalue weighted by atomic mass is 10.3. The number of amides is 1. The number of carbonyl (C=O) groups is 1. The van der Waals surface area contributed by atoms with Crippen LogP contribution < -0.4 is 10.1 Å². The average Bonchev–Trinajstić information content (AvgIpc) is 2.38. The molecule has 0 fully saturated rings. The maximum absolute atomic E-state index is 11.6. The van der Waals surface area contributed by atoms with Crippen molar-refractivity contribution in [2.75, 3.05) is 40.1 Å². The summed E-state index contributed by atoms with van der Waals surface area (Å²) in [6.07, 6.45) is 0. The fourth-order valence-corrected chi connectivity index (χ4v) is 1.52. The summed E-state index contributed by atoms with van der Waals surface area (Å²) in [5.41, 5.74) is 0.827. The maximum atomic E-state index is 11.6. The number of carbonyl (C=O) groups excluding carboxylic acids is 1. The Kier molecular flexibility index (Phi) is 5.57. The van der Waals surface area contributed by atoms with Crippen LogP contribution in [0.5, 0.6) is 5.75 Å². The third kappa shape index (κ3) is 4.75. The summed E-state index contributed by atoms with van der Waals surface area (Å²) in [7, 11) is 6.82. The molecule has 0 unspecified atom stereocenters. The van der Waals surface area contributed by atoms with Crippen LogP contribution in [0.15, 0.2) is 24.3 Å². The minimum Gasteiger partial charge on any atom is -0.497 e. The lowest BCUT2D eigenvalue weighted by Crippen LogP contribution is -2.39. The van der Waals surface area contributed by atoms with Crippen molar-refractivity contribution in [3.8, 4) is 5.75 Å². The van der Waals surface area contributed by atoms with Crippen LogP contribution in [0, 0.1) is 0 Å². The monoisotopic (exact) mass is 281 g/mol. The molecule has 0 aliphatic rings. The van der Waals surface area contributed by atoms with Gasteiger partial charge in [0.1, 0.15) is 5.75 Å². The van der Waals surface area contributed by atoms with Crippen molar-refractivity contribution in [1.82, 2.24) is 9.80 Å². The third-order valence-electron chi connectivity index (χ3n) is 2.54. The molecule has 5 nitrogen and oxygen atoms in total. The topological polar surface area (TPSA) is 44.8 Å². The molecule has 1 N–H and O–H groups in total. The minimum absolute atomic E-state index is 0.00251. The van der Waals surface area contributed by atoms with Gasteiger partial charge in [-0.3, -0.25) is 4.79 Å². The van der Waals surface area contributed by atoms with Gasteiger partial charge in [-0.25, -0.2) is 0 Å². The Morgan fingerprint density at radius 2 is 2.05 bits per heavy atom. The van der Waals surface area contributed by atoms with Gasteiger partial charge >= 0.3 is 0 Å². The van der Waals surface area contributed by atoms with Crippen LogP contribution in [0.2, 0.25) is 0 Å². The van der Waals surface area contributed by atoms with Crippen molar-refractivity contribution < 1.29 is 9.53 Å². The highest BCUT2D eigenvalue weighted by Gasteiger charge is 2.11. The molecule has 0 atom stereocenters. The number of hydrogen-bond acceptors (Lipinski definition) is 3. The highest BCUT2D eigenvalue weighted by atomic mass is 32.1. The van der Waals surface area contributed by atoms with E-state index in [1.807, 2.05) is 24.3 Å². The molecule has 19 heavy (non-hydrogen) atoms. The quantitative estimate of drug-likeness (QED) is 0.846. The fraction of sp³-hybridized carbons (Fsp3) is 0.385. The van der Waals surface area contributed by atoms with Crippen LogP contribution in [-0.2, 0) is 4.79 Å². The predicted molar refractivity (Wildman–Crippen MR) is 80.5 cm³/mol. The molecule has 1 rings (SSSR count). The molecular formula is C13H19N3O2S. The lowest BCUT2D eigenvalue weighted by molar-refractivity contribution is -0.128. The molecule has 0 aromatic heterocycles. The average molecular weight is 281 g/mol. The van der Waals surface area contributed by atoms with Gasteiger partial charge in [-0.05, 0) is 24.4 Å². The summed E-state index contributed by atoms with van der Waals surface area (Å²) in [4.78, 5) is 14.8. The molecule has 0 saturated heterocycles. The van der Waals surface area contributed by atoms with E-state index in [1.54, 1.807) is 33.2 Å². The Hall–Kier alpha value is -1.82. The van der Waals surface area contributed by atoms with Gasteiger partial charge in [-0.15, -0.1) is 0 Å². The normalized spacial score (nSPS) is 9.68. The first-order valence-corrected chi connectivity index (χ1v) is 6.21. The highest BCUT2D eigenvalue weighted by molar-refractivity contribution is 7.80. The number of nitrogens with one attached hydrogen (secondary N) is 1. The number of hydrogen-bond donors (Lipinski definition) is 1. The Balaban J connectivity index is 2.60. The molecule has 1 aromatic carbocycles. The minimum atomic E-state index is -0.00251. The molecule has 1 amide bonds. The zero-order chi connectivity index (χ0) is 14.4. The highest BCUT2D eigenvalue weighted by Crippen LogP contribution is 2.16. The van der Waals surface area contributed by atoms with E-state index < -0.39 is 0 Å². The number of anilines is 1. The van der Waals surface area contributed by atoms with E-state index >= 15 is 0 Å². The second kappa shape index (κ2) is 6.94. The van der Waals surface area contributed by atoms with Crippen LogP contribution in [0.25, 0.3) is 0 Å². The van der Waals surface area contributed by atoms with Crippen molar-refractivity contribution in [1.29, 1.82) is 0 Å². The SMILES string of the molecule is COc1cccc(NC(=S)N(C)CC(=O)N(C)C)c1. The van der Waals surface area contributed by atoms with E-state index in [0.29, 0.717) is 5.11 Å². The Bertz CT molecular complexity index is 463. The molecule has 0 radical (unpaired) electrons. The van der Waals surface area contributed by atoms with Crippen LogP contribution >= 0.6 is 12.2 Å². The lowest BCUT2D eigenvalue weighted by Gasteiger charge is -2.22. The van der Waals surface area contributed by atoms with E-state index in [9.17, 15) is 4.79 Å². The molecule has 0 saturated carbocycles. The van der Waals surface area contributed by atoms with Gasteiger partial charge in [0, 0.05) is 32.9 Å². The molecule has 1 aromatic rings. The Morgan fingerprint density at radius 3 is 2.63 bits per heavy atom. The number of ether oxygens (including phenoxy) is 1. The summed E-state index contributed by atoms with van der Waals surface area (Å²) >= 11 is 5.25. The van der Waals surface area contributed by atoms with E-state index in [4.69, 9.17) is 17.0 Å². The number of methoxy groups -OCH3 is 1. The molecule has 0 heterocycles. The predicted octanol–water partition coefficient (Wildman–Crippen LogP) is 1.41. The van der Waals surface area contributed by atoms with Crippen molar-refractivity contribution in [3.63, 3.8) is 0 Å². The molecule has 0 spiro atoms. The van der Waals surface area contributed by atoms with Gasteiger partial charge in [0.25, 0.3) is 0 Å². The van der Waals surface area contributed by atoms with Crippen molar-refractivity contribution in [3.05, 3.63) is 24.3 Å². The second-order valence-corrected chi connectivity index (χ2v) is 4.69. The van der Waals surface area contributed by atoms with E-state index in [0.717, 1.165) is 11.4 Å². The number of rotatable bonds is 4. The van der Waals surface area contributed by atoms with Gasteiger partial charge in [-0.2, -0.15) is 0 Å². The maximum Gasteiger partial charge on any atom is 0.241 e. The standard InChI is InChI=1S/C13H19N3O2S/c1-15(2)12(17)9-16(3)13(19)14-10-6-5-7-11(8-10)18-4/h5-8H,9H2,1-4H3,(H,14,19). The summed E-state index contributed by atoms with van der Waals surface area (Å²) < 4.78 is 5.14. The van der Waals surface area contributed by atoms with Crippen LogP contribution in [0.1, 0.15) is 0 Å². The van der Waals surface area contributed by atoms with E-state index in [2.05, 4.69) is 5.32 Å². The smallest absolute Gasteiger partial charge is 0.241 e. The van der Waals surface area contributed by atoms with Crippen molar-refractivity contribution in [2.24, 2.45) is 0 Å². The Labute approximate surface area is 119 Å². The summed E-state index contributed by atoms with van der Waals surface area (Å²) in [6.45, 7) is 0.239. The molecule has 104 valence electrons. The van der Waals surface area contributed by atoms with Crippen LogP contribution in [-0.4, -0.2) is 55.6 Å². The first-order valence-electron chi connectivity index (χ1n) is 5.80. The van der Waals surface area contributed by atoms with Crippen LogP contribution in [0.3, 0.4) is 0 Å². The summed E-state index contributed by atoms with van der Waals surface area (Å²) in [6, 6.07) is 7.45. The number of nitrogens with zero attached hydrogens (tertiary/aromatic N) is 2. The second-order valence-electron chi connectivity index (χ2n) is 4.31. The Morgan fingerprint density at radius 1 is 1.37 bits per heavy atom. The first-order chi connectivity index (χ1) is 8.93. The van der Waals surface area contributed by atoms with Crippen LogP contribution in [0.4, 0.5) is 5.69 Å². The summed E-state index contributed by atoms with van der Waals surface area (Å²) in [5, 5.41) is 3.56. The number of thiocarbonyl (C=S) groups is 1. The van der Waals surface area contributed by atoms with Gasteiger partial charge in [-0.1, -0.05) is 6.07 Å². The molecule has 0 aliphatic heterocycles. The van der Waals surface area contributed by atoms with Crippen molar-refractivity contribution in [2.45, 2.75) is 0 Å². The number of likely N-dealkylation sites (N-methyl/N-ethyl adjacent to an activating group) is 2. The van der Waals surface area contributed by atoms with Gasteiger partial charge in [0.2, 0.25) is 5.91 Å². The molecule has 0 aliphatic carbocycles.